The van der Waals surface area contributed by atoms with Crippen molar-refractivity contribution >= 4 is 43.6 Å². The van der Waals surface area contributed by atoms with Gasteiger partial charge in [0, 0.05) is 24.3 Å². The first-order chi connectivity index (χ1) is 8.63. The summed E-state index contributed by atoms with van der Waals surface area (Å²) in [6, 6.07) is 1.84. The number of rotatable bonds is 2. The largest absolute Gasteiger partial charge is 0.357 e. The summed E-state index contributed by atoms with van der Waals surface area (Å²) in [5.74, 6) is 0.901. The van der Waals surface area contributed by atoms with Gasteiger partial charge in [-0.05, 0) is 57.2 Å². The number of hydrogen-bond donors (Lipinski definition) is 1. The lowest BCUT2D eigenvalue weighted by atomic mass is 10.0. The zero-order chi connectivity index (χ0) is 13.1. The van der Waals surface area contributed by atoms with Crippen LogP contribution < -0.4 is 10.2 Å². The molecule has 1 aromatic heterocycles. The van der Waals surface area contributed by atoms with Crippen LogP contribution in [0.25, 0.3) is 0 Å². The molecule has 1 aliphatic rings. The van der Waals surface area contributed by atoms with E-state index in [0.717, 1.165) is 40.6 Å². The standard InChI is InChI=1S/C12H15Br2N3O/c1-15-12(18)10-4-2-3-5-17(10)11-9(14)6-8(13)7-16-11/h6-7,10H,2-5H2,1H3,(H,15,18). The minimum atomic E-state index is -0.117. The van der Waals surface area contributed by atoms with Crippen molar-refractivity contribution in [3.05, 3.63) is 21.2 Å². The van der Waals surface area contributed by atoms with Crippen molar-refractivity contribution in [3.63, 3.8) is 0 Å². The molecule has 1 aliphatic heterocycles. The topological polar surface area (TPSA) is 45.2 Å². The molecule has 1 fully saturated rings. The number of halogens is 2. The Morgan fingerprint density at radius 3 is 2.94 bits per heavy atom. The number of amides is 1. The molecule has 0 aromatic carbocycles. The van der Waals surface area contributed by atoms with Gasteiger partial charge in [0.2, 0.25) is 5.91 Å². The van der Waals surface area contributed by atoms with Gasteiger partial charge < -0.3 is 10.2 Å². The fourth-order valence-electron chi connectivity index (χ4n) is 2.24. The molecule has 4 nitrogen and oxygen atoms in total. The SMILES string of the molecule is CNC(=O)C1CCCCN1c1ncc(Br)cc1Br. The second kappa shape index (κ2) is 6.02. The minimum absolute atomic E-state index is 0.0614. The third-order valence-electron chi connectivity index (χ3n) is 3.11. The molecule has 1 amide bonds. The smallest absolute Gasteiger partial charge is 0.242 e. The molecule has 1 aromatic rings. The Morgan fingerprint density at radius 1 is 1.50 bits per heavy atom. The van der Waals surface area contributed by atoms with Crippen LogP contribution >= 0.6 is 31.9 Å². The molecule has 0 saturated carbocycles. The number of hydrogen-bond acceptors (Lipinski definition) is 3. The zero-order valence-electron chi connectivity index (χ0n) is 10.1. The Labute approximate surface area is 123 Å². The first kappa shape index (κ1) is 13.8. The number of nitrogens with zero attached hydrogens (tertiary/aromatic N) is 2. The number of nitrogens with one attached hydrogen (secondary N) is 1. The molecule has 1 atom stereocenters. The Morgan fingerprint density at radius 2 is 2.28 bits per heavy atom. The summed E-state index contributed by atoms with van der Waals surface area (Å²) in [5.41, 5.74) is 0. The maximum atomic E-state index is 11.9. The molecule has 0 spiro atoms. The van der Waals surface area contributed by atoms with Gasteiger partial charge in [-0.3, -0.25) is 4.79 Å². The molecule has 1 N–H and O–H groups in total. The Balaban J connectivity index is 2.30. The quantitative estimate of drug-likeness (QED) is 0.863. The van der Waals surface area contributed by atoms with E-state index < -0.39 is 0 Å². The van der Waals surface area contributed by atoms with Crippen LogP contribution in [0.1, 0.15) is 19.3 Å². The highest BCUT2D eigenvalue weighted by atomic mass is 79.9. The van der Waals surface area contributed by atoms with Crippen LogP contribution in [0.2, 0.25) is 0 Å². The van der Waals surface area contributed by atoms with Gasteiger partial charge in [-0.2, -0.15) is 0 Å². The van der Waals surface area contributed by atoms with Crippen molar-refractivity contribution in [1.29, 1.82) is 0 Å². The molecular weight excluding hydrogens is 362 g/mol. The highest BCUT2D eigenvalue weighted by molar-refractivity contribution is 9.11. The van der Waals surface area contributed by atoms with Crippen molar-refractivity contribution in [2.24, 2.45) is 0 Å². The van der Waals surface area contributed by atoms with E-state index in [-0.39, 0.29) is 11.9 Å². The normalized spacial score (nSPS) is 19.7. The maximum absolute atomic E-state index is 11.9. The van der Waals surface area contributed by atoms with Crippen LogP contribution in [0.3, 0.4) is 0 Å². The Bertz CT molecular complexity index is 453. The number of piperidine rings is 1. The summed E-state index contributed by atoms with van der Waals surface area (Å²) in [7, 11) is 1.68. The van der Waals surface area contributed by atoms with Gasteiger partial charge in [0.1, 0.15) is 11.9 Å². The number of carbonyl (C=O) groups excluding carboxylic acids is 1. The van der Waals surface area contributed by atoms with Crippen molar-refractivity contribution in [3.8, 4) is 0 Å². The number of carbonyl (C=O) groups is 1. The molecule has 18 heavy (non-hydrogen) atoms. The lowest BCUT2D eigenvalue weighted by Crippen LogP contribution is -2.49. The van der Waals surface area contributed by atoms with Gasteiger partial charge in [-0.1, -0.05) is 0 Å². The van der Waals surface area contributed by atoms with Crippen molar-refractivity contribution < 1.29 is 4.79 Å². The molecule has 2 heterocycles. The summed E-state index contributed by atoms with van der Waals surface area (Å²) < 4.78 is 1.83. The van der Waals surface area contributed by atoms with Gasteiger partial charge in [-0.25, -0.2) is 4.98 Å². The zero-order valence-corrected chi connectivity index (χ0v) is 13.3. The third-order valence-corrected chi connectivity index (χ3v) is 4.13. The molecular formula is C12H15Br2N3O. The minimum Gasteiger partial charge on any atom is -0.357 e. The second-order valence-electron chi connectivity index (χ2n) is 4.28. The van der Waals surface area contributed by atoms with Crippen LogP contribution in [-0.2, 0) is 4.79 Å². The van der Waals surface area contributed by atoms with Gasteiger partial charge in [0.15, 0.2) is 0 Å². The molecule has 0 aliphatic carbocycles. The Hall–Kier alpha value is -0.620. The lowest BCUT2D eigenvalue weighted by molar-refractivity contribution is -0.122. The average molecular weight is 377 g/mol. The highest BCUT2D eigenvalue weighted by Crippen LogP contribution is 2.31. The Kier molecular flexibility index (Phi) is 4.61. The second-order valence-corrected chi connectivity index (χ2v) is 6.05. The first-order valence-electron chi connectivity index (χ1n) is 5.92. The monoisotopic (exact) mass is 375 g/mol. The molecule has 0 bridgehead atoms. The van der Waals surface area contributed by atoms with E-state index in [0.29, 0.717) is 0 Å². The van der Waals surface area contributed by atoms with E-state index in [1.54, 1.807) is 13.2 Å². The average Bonchev–Trinajstić information content (AvgIpc) is 2.38. The number of pyridine rings is 1. The summed E-state index contributed by atoms with van der Waals surface area (Å²) in [6.45, 7) is 0.866. The molecule has 98 valence electrons. The van der Waals surface area contributed by atoms with E-state index in [2.05, 4.69) is 47.1 Å². The van der Waals surface area contributed by atoms with Crippen LogP contribution in [0.4, 0.5) is 5.82 Å². The van der Waals surface area contributed by atoms with E-state index in [4.69, 9.17) is 0 Å². The predicted molar refractivity (Wildman–Crippen MR) is 78.7 cm³/mol. The predicted octanol–water partition coefficient (Wildman–Crippen LogP) is 2.71. The molecule has 1 unspecified atom stereocenters. The molecule has 6 heteroatoms. The van der Waals surface area contributed by atoms with Crippen molar-refractivity contribution in [2.75, 3.05) is 18.5 Å². The summed E-state index contributed by atoms with van der Waals surface area (Å²) in [6.07, 6.45) is 4.82. The summed E-state index contributed by atoms with van der Waals surface area (Å²) in [5, 5.41) is 2.73. The first-order valence-corrected chi connectivity index (χ1v) is 7.51. The maximum Gasteiger partial charge on any atom is 0.242 e. The van der Waals surface area contributed by atoms with Crippen LogP contribution in [-0.4, -0.2) is 30.5 Å². The van der Waals surface area contributed by atoms with Gasteiger partial charge >= 0.3 is 0 Å². The summed E-state index contributed by atoms with van der Waals surface area (Å²) in [4.78, 5) is 18.4. The van der Waals surface area contributed by atoms with E-state index >= 15 is 0 Å². The van der Waals surface area contributed by atoms with Crippen LogP contribution in [0.5, 0.6) is 0 Å². The van der Waals surface area contributed by atoms with E-state index in [9.17, 15) is 4.79 Å². The molecule has 0 radical (unpaired) electrons. The van der Waals surface area contributed by atoms with Gasteiger partial charge in [0.25, 0.3) is 0 Å². The van der Waals surface area contributed by atoms with E-state index in [1.807, 2.05) is 6.07 Å². The lowest BCUT2D eigenvalue weighted by Gasteiger charge is -2.35. The van der Waals surface area contributed by atoms with Crippen LogP contribution in [0.15, 0.2) is 21.2 Å². The third kappa shape index (κ3) is 2.85. The number of anilines is 1. The summed E-state index contributed by atoms with van der Waals surface area (Å²) >= 11 is 6.90. The van der Waals surface area contributed by atoms with Gasteiger partial charge in [0.05, 0.1) is 4.47 Å². The fourth-order valence-corrected chi connectivity index (χ4v) is 3.46. The van der Waals surface area contributed by atoms with Crippen LogP contribution in [0, 0.1) is 0 Å². The molecule has 2 rings (SSSR count). The van der Waals surface area contributed by atoms with Gasteiger partial charge in [-0.15, -0.1) is 0 Å². The molecule has 1 saturated heterocycles. The van der Waals surface area contributed by atoms with Crippen molar-refractivity contribution in [2.45, 2.75) is 25.3 Å². The number of likely N-dealkylation sites (N-methyl/N-ethyl adjacent to an activating group) is 1. The van der Waals surface area contributed by atoms with Crippen molar-refractivity contribution in [1.82, 2.24) is 10.3 Å². The number of aromatic nitrogens is 1. The van der Waals surface area contributed by atoms with E-state index in [1.165, 1.54) is 0 Å². The highest BCUT2D eigenvalue weighted by Gasteiger charge is 2.29. The fraction of sp³-hybridized carbons (Fsp3) is 0.500.